The van der Waals surface area contributed by atoms with Crippen molar-refractivity contribution in [2.75, 3.05) is 39.3 Å². The largest absolute Gasteiger partial charge is 0.342 e. The summed E-state index contributed by atoms with van der Waals surface area (Å²) in [6.45, 7) is 9.00. The van der Waals surface area contributed by atoms with Crippen molar-refractivity contribution in [3.63, 3.8) is 0 Å². The van der Waals surface area contributed by atoms with Crippen LogP contribution >= 0.6 is 0 Å². The summed E-state index contributed by atoms with van der Waals surface area (Å²) in [4.78, 5) is 17.5. The maximum Gasteiger partial charge on any atom is 0.225 e. The Morgan fingerprint density at radius 1 is 1.00 bits per heavy atom. The number of hydrogen-bond donors (Lipinski definition) is 1. The van der Waals surface area contributed by atoms with Crippen LogP contribution < -0.4 is 5.32 Å². The van der Waals surface area contributed by atoms with Crippen LogP contribution in [0, 0.1) is 11.8 Å². The highest BCUT2D eigenvalue weighted by molar-refractivity contribution is 5.79. The van der Waals surface area contributed by atoms with Crippen LogP contribution in [0.5, 0.6) is 0 Å². The number of nitrogens with one attached hydrogen (secondary N) is 1. The molecule has 1 amide bonds. The van der Waals surface area contributed by atoms with E-state index in [1.54, 1.807) is 0 Å². The van der Waals surface area contributed by atoms with Crippen molar-refractivity contribution in [1.29, 1.82) is 0 Å². The predicted molar refractivity (Wildman–Crippen MR) is 94.4 cm³/mol. The summed E-state index contributed by atoms with van der Waals surface area (Å²) in [5.74, 6) is 1.57. The van der Waals surface area contributed by atoms with Crippen LogP contribution in [0.3, 0.4) is 0 Å². The van der Waals surface area contributed by atoms with Crippen LogP contribution in [0.25, 0.3) is 0 Å². The third-order valence-electron chi connectivity index (χ3n) is 6.38. The Labute approximate surface area is 142 Å². The van der Waals surface area contributed by atoms with E-state index < -0.39 is 0 Å². The van der Waals surface area contributed by atoms with Crippen LogP contribution in [0.2, 0.25) is 0 Å². The van der Waals surface area contributed by atoms with E-state index in [-0.39, 0.29) is 0 Å². The van der Waals surface area contributed by atoms with Crippen molar-refractivity contribution in [1.82, 2.24) is 15.1 Å². The van der Waals surface area contributed by atoms with E-state index in [0.29, 0.717) is 11.8 Å². The van der Waals surface area contributed by atoms with Crippen LogP contribution in [-0.2, 0) is 4.79 Å². The zero-order valence-electron chi connectivity index (χ0n) is 14.9. The van der Waals surface area contributed by atoms with E-state index >= 15 is 0 Å². The van der Waals surface area contributed by atoms with Gasteiger partial charge in [0.05, 0.1) is 0 Å². The summed E-state index contributed by atoms with van der Waals surface area (Å²) >= 11 is 0. The van der Waals surface area contributed by atoms with Gasteiger partial charge in [-0.05, 0) is 84.0 Å². The van der Waals surface area contributed by atoms with Gasteiger partial charge in [0.15, 0.2) is 0 Å². The molecule has 1 unspecified atom stereocenters. The lowest BCUT2D eigenvalue weighted by atomic mass is 9.90. The summed E-state index contributed by atoms with van der Waals surface area (Å²) in [7, 11) is 0. The molecule has 0 spiro atoms. The lowest BCUT2D eigenvalue weighted by Gasteiger charge is -2.37. The average molecular weight is 322 g/mol. The third-order valence-corrected chi connectivity index (χ3v) is 6.38. The number of hydrogen-bond acceptors (Lipinski definition) is 3. The molecule has 1 N–H and O–H groups in total. The number of amides is 1. The summed E-state index contributed by atoms with van der Waals surface area (Å²) in [6.07, 6.45) is 10.0. The molecule has 0 saturated carbocycles. The number of rotatable bonds is 4. The first kappa shape index (κ1) is 17.2. The molecule has 0 aromatic rings. The van der Waals surface area contributed by atoms with Crippen LogP contribution in [-0.4, -0.2) is 61.0 Å². The number of carbonyl (C=O) groups excluding carboxylic acids is 1. The van der Waals surface area contributed by atoms with E-state index in [0.717, 1.165) is 51.0 Å². The Bertz CT molecular complexity index is 373. The highest BCUT2D eigenvalue weighted by Crippen LogP contribution is 2.25. The van der Waals surface area contributed by atoms with Gasteiger partial charge in [0.2, 0.25) is 5.91 Å². The highest BCUT2D eigenvalue weighted by atomic mass is 16.2. The van der Waals surface area contributed by atoms with Gasteiger partial charge in [-0.1, -0.05) is 6.42 Å². The predicted octanol–water partition coefficient (Wildman–Crippen LogP) is 2.49. The van der Waals surface area contributed by atoms with Gasteiger partial charge in [-0.3, -0.25) is 4.79 Å². The van der Waals surface area contributed by atoms with Crippen molar-refractivity contribution < 1.29 is 4.79 Å². The minimum atomic E-state index is 0.294. The molecular formula is C19H35N3O. The topological polar surface area (TPSA) is 35.6 Å². The Morgan fingerprint density at radius 3 is 2.43 bits per heavy atom. The van der Waals surface area contributed by atoms with Crippen LogP contribution in [0.15, 0.2) is 0 Å². The fraction of sp³-hybridized carbons (Fsp3) is 0.947. The summed E-state index contributed by atoms with van der Waals surface area (Å²) in [5.41, 5.74) is 0. The zero-order chi connectivity index (χ0) is 16.1. The molecule has 3 heterocycles. The van der Waals surface area contributed by atoms with Crippen molar-refractivity contribution in [2.24, 2.45) is 11.8 Å². The standard InChI is InChI=1S/C19H35N3O/c1-16-4-2-3-12-21(16)13-7-17-8-14-22(15-9-17)19(23)18-5-10-20-11-6-18/h16-18,20H,2-15H2,1H3. The number of likely N-dealkylation sites (tertiary alicyclic amines) is 2. The Kier molecular flexibility index (Phi) is 6.35. The Balaban J connectivity index is 1.37. The van der Waals surface area contributed by atoms with Gasteiger partial charge < -0.3 is 15.1 Å². The second kappa shape index (κ2) is 8.48. The van der Waals surface area contributed by atoms with Gasteiger partial charge in [-0.15, -0.1) is 0 Å². The van der Waals surface area contributed by atoms with E-state index in [1.165, 1.54) is 51.6 Å². The fourth-order valence-corrected chi connectivity index (χ4v) is 4.61. The lowest BCUT2D eigenvalue weighted by Crippen LogP contribution is -2.45. The quantitative estimate of drug-likeness (QED) is 0.864. The highest BCUT2D eigenvalue weighted by Gasteiger charge is 2.29. The van der Waals surface area contributed by atoms with Crippen LogP contribution in [0.1, 0.15) is 58.3 Å². The number of nitrogens with zero attached hydrogens (tertiary/aromatic N) is 2. The van der Waals surface area contributed by atoms with Crippen molar-refractivity contribution >= 4 is 5.91 Å². The normalized spacial score (nSPS) is 28.9. The van der Waals surface area contributed by atoms with Gasteiger partial charge in [0.25, 0.3) is 0 Å². The van der Waals surface area contributed by atoms with E-state index in [2.05, 4.69) is 22.0 Å². The molecule has 1 atom stereocenters. The second-order valence-corrected chi connectivity index (χ2v) is 7.96. The Hall–Kier alpha value is -0.610. The lowest BCUT2D eigenvalue weighted by molar-refractivity contribution is -0.137. The molecule has 3 rings (SSSR count). The van der Waals surface area contributed by atoms with Crippen LogP contribution in [0.4, 0.5) is 0 Å². The van der Waals surface area contributed by atoms with Crippen molar-refractivity contribution in [2.45, 2.75) is 64.3 Å². The van der Waals surface area contributed by atoms with E-state index in [9.17, 15) is 4.79 Å². The molecule has 3 saturated heterocycles. The van der Waals surface area contributed by atoms with E-state index in [1.807, 2.05) is 0 Å². The number of piperidine rings is 3. The number of carbonyl (C=O) groups is 1. The van der Waals surface area contributed by atoms with Gasteiger partial charge >= 0.3 is 0 Å². The summed E-state index contributed by atoms with van der Waals surface area (Å²) in [5, 5.41) is 3.36. The molecule has 0 radical (unpaired) electrons. The fourth-order valence-electron chi connectivity index (χ4n) is 4.61. The van der Waals surface area contributed by atoms with Gasteiger partial charge in [0.1, 0.15) is 0 Å². The molecule has 0 aromatic carbocycles. The molecule has 23 heavy (non-hydrogen) atoms. The second-order valence-electron chi connectivity index (χ2n) is 7.96. The smallest absolute Gasteiger partial charge is 0.225 e. The third kappa shape index (κ3) is 4.69. The first-order valence-electron chi connectivity index (χ1n) is 9.97. The maximum absolute atomic E-state index is 12.6. The SMILES string of the molecule is CC1CCCCN1CCC1CCN(C(=O)C2CCNCC2)CC1. The Morgan fingerprint density at radius 2 is 1.74 bits per heavy atom. The average Bonchev–Trinajstić information content (AvgIpc) is 2.62. The minimum Gasteiger partial charge on any atom is -0.342 e. The summed E-state index contributed by atoms with van der Waals surface area (Å²) in [6, 6.07) is 0.783. The van der Waals surface area contributed by atoms with Gasteiger partial charge in [-0.2, -0.15) is 0 Å². The molecule has 3 aliphatic rings. The molecule has 3 fully saturated rings. The molecule has 3 aliphatic heterocycles. The van der Waals surface area contributed by atoms with Gasteiger partial charge in [-0.25, -0.2) is 0 Å². The van der Waals surface area contributed by atoms with Gasteiger partial charge in [0, 0.05) is 25.0 Å². The zero-order valence-corrected chi connectivity index (χ0v) is 14.9. The minimum absolute atomic E-state index is 0.294. The van der Waals surface area contributed by atoms with Crippen molar-refractivity contribution in [3.8, 4) is 0 Å². The van der Waals surface area contributed by atoms with Crippen molar-refractivity contribution in [3.05, 3.63) is 0 Å². The molecule has 4 nitrogen and oxygen atoms in total. The molecule has 0 aliphatic carbocycles. The monoisotopic (exact) mass is 321 g/mol. The molecule has 0 aromatic heterocycles. The molecule has 0 bridgehead atoms. The molecule has 132 valence electrons. The molecule has 4 heteroatoms. The van der Waals surface area contributed by atoms with E-state index in [4.69, 9.17) is 0 Å². The summed E-state index contributed by atoms with van der Waals surface area (Å²) < 4.78 is 0. The first-order chi connectivity index (χ1) is 11.2. The molecular weight excluding hydrogens is 286 g/mol. The maximum atomic E-state index is 12.6. The first-order valence-corrected chi connectivity index (χ1v) is 9.97.